The van der Waals surface area contributed by atoms with Crippen LogP contribution in [0.1, 0.15) is 29.9 Å². The maximum Gasteiger partial charge on any atom is 0.246 e. The molecule has 246 valence electrons. The highest BCUT2D eigenvalue weighted by Gasteiger charge is 2.70. The number of carbonyl (C=O) groups excluding carboxylic acids is 4. The highest BCUT2D eigenvalue weighted by Crippen LogP contribution is 2.65. The number of allylic oxidation sites excluding steroid dienone is 2. The second-order valence-corrected chi connectivity index (χ2v) is 14.7. The number of methoxy groups -OCH3 is 1. The molecule has 2 aliphatic heterocycles. The highest BCUT2D eigenvalue weighted by atomic mass is 127. The minimum atomic E-state index is -1.50. The van der Waals surface area contributed by atoms with E-state index in [9.17, 15) is 19.5 Å². The monoisotopic (exact) mass is 784 g/mol. The van der Waals surface area contributed by atoms with Crippen LogP contribution in [-0.4, -0.2) is 35.8 Å². The average Bonchev–Trinajstić information content (AvgIpc) is 3.50. The lowest BCUT2D eigenvalue weighted by Crippen LogP contribution is -2.53. The number of fused-ring (bicyclic) bond motifs is 4. The van der Waals surface area contributed by atoms with Crippen molar-refractivity contribution in [3.8, 4) is 11.5 Å². The van der Waals surface area contributed by atoms with E-state index < -0.39 is 46.8 Å². The Balaban J connectivity index is 1.37. The standard InChI is InChI=1S/C39H30ClIN2O6/c1-49-26-14-17-32(44)30(19-26)34-27-15-16-28-33(37(47)42(35(28)45)24-12-10-23(41)11-13-24)29(27)20-31-36(46)43(25-9-5-8-22(40)18-25)38(48)39(31,34)21-6-3-2-4-7-21/h2-15,17-19,28-29,31,33-34,44H,16,20H2,1H3. The molecule has 4 aliphatic rings. The summed E-state index contributed by atoms with van der Waals surface area (Å²) in [6.07, 6.45) is 2.40. The van der Waals surface area contributed by atoms with E-state index in [2.05, 4.69) is 22.6 Å². The number of aromatic hydroxyl groups is 1. The fourth-order valence-corrected chi connectivity index (χ4v) is 9.37. The Morgan fingerprint density at radius 2 is 1.57 bits per heavy atom. The molecule has 0 radical (unpaired) electrons. The molecule has 4 aromatic rings. The summed E-state index contributed by atoms with van der Waals surface area (Å²) in [5.74, 6) is -4.81. The van der Waals surface area contributed by atoms with E-state index in [1.165, 1.54) is 23.0 Å². The molecule has 3 fully saturated rings. The topological polar surface area (TPSA) is 104 Å². The van der Waals surface area contributed by atoms with Gasteiger partial charge in [0.05, 0.1) is 41.7 Å². The lowest BCUT2D eigenvalue weighted by atomic mass is 9.49. The summed E-state index contributed by atoms with van der Waals surface area (Å²) in [5, 5.41) is 11.9. The normalized spacial score (nSPS) is 27.5. The van der Waals surface area contributed by atoms with Gasteiger partial charge in [0.15, 0.2) is 0 Å². The van der Waals surface area contributed by atoms with Crippen LogP contribution in [-0.2, 0) is 24.6 Å². The zero-order valence-corrected chi connectivity index (χ0v) is 29.2. The molecule has 0 bridgehead atoms. The molecule has 6 unspecified atom stereocenters. The Morgan fingerprint density at radius 1 is 0.816 bits per heavy atom. The largest absolute Gasteiger partial charge is 0.508 e. The first kappa shape index (κ1) is 31.8. The zero-order chi connectivity index (χ0) is 34.2. The number of amides is 4. The number of rotatable bonds is 5. The van der Waals surface area contributed by atoms with Gasteiger partial charge in [-0.05, 0) is 108 Å². The van der Waals surface area contributed by atoms with E-state index in [1.54, 1.807) is 48.5 Å². The van der Waals surface area contributed by atoms with E-state index in [-0.39, 0.29) is 30.4 Å². The lowest BCUT2D eigenvalue weighted by molar-refractivity contribution is -0.127. The Hall–Kier alpha value is -4.48. The van der Waals surface area contributed by atoms with E-state index in [4.69, 9.17) is 16.3 Å². The van der Waals surface area contributed by atoms with Gasteiger partial charge in [0.2, 0.25) is 23.6 Å². The molecule has 4 aromatic carbocycles. The molecule has 4 amide bonds. The minimum absolute atomic E-state index is 0.0701. The van der Waals surface area contributed by atoms with Crippen molar-refractivity contribution < 1.29 is 29.0 Å². The Morgan fingerprint density at radius 3 is 2.29 bits per heavy atom. The van der Waals surface area contributed by atoms with E-state index in [1.807, 2.05) is 48.5 Å². The van der Waals surface area contributed by atoms with Gasteiger partial charge in [-0.2, -0.15) is 0 Å². The van der Waals surface area contributed by atoms with Gasteiger partial charge >= 0.3 is 0 Å². The van der Waals surface area contributed by atoms with Crippen molar-refractivity contribution in [3.05, 3.63) is 128 Å². The van der Waals surface area contributed by atoms with Crippen LogP contribution >= 0.6 is 34.2 Å². The quantitative estimate of drug-likeness (QED) is 0.133. The lowest BCUT2D eigenvalue weighted by Gasteiger charge is -2.50. The molecular weight excluding hydrogens is 755 g/mol. The summed E-state index contributed by atoms with van der Waals surface area (Å²) in [6.45, 7) is 0. The van der Waals surface area contributed by atoms with Gasteiger partial charge in [-0.25, -0.2) is 4.90 Å². The van der Waals surface area contributed by atoms with Gasteiger partial charge in [0.25, 0.3) is 0 Å². The number of imide groups is 2. The molecule has 49 heavy (non-hydrogen) atoms. The zero-order valence-electron chi connectivity index (χ0n) is 26.3. The number of hydrogen-bond acceptors (Lipinski definition) is 6. The average molecular weight is 785 g/mol. The first-order chi connectivity index (χ1) is 23.7. The third-order valence-corrected chi connectivity index (χ3v) is 11.8. The SMILES string of the molecule is COc1ccc(O)c(C2C3=CCC4C(=O)N(c5ccc(I)cc5)C(=O)C4C3CC3C(=O)N(c4cccc(Cl)c4)C(=O)C32c2ccccc2)c1. The van der Waals surface area contributed by atoms with Crippen molar-refractivity contribution in [2.75, 3.05) is 16.9 Å². The number of phenolic OH excluding ortho intramolecular Hbond substituents is 1. The van der Waals surface area contributed by atoms with Crippen molar-refractivity contribution in [2.24, 2.45) is 23.7 Å². The molecule has 8 rings (SSSR count). The van der Waals surface area contributed by atoms with Gasteiger partial charge in [0.1, 0.15) is 11.5 Å². The van der Waals surface area contributed by atoms with Gasteiger partial charge < -0.3 is 9.84 Å². The maximum atomic E-state index is 15.3. The van der Waals surface area contributed by atoms with Crippen LogP contribution in [0.3, 0.4) is 0 Å². The summed E-state index contributed by atoms with van der Waals surface area (Å²) in [6, 6.07) is 27.9. The number of hydrogen-bond donors (Lipinski definition) is 1. The number of carbonyl (C=O) groups is 4. The second kappa shape index (κ2) is 11.8. The molecule has 0 aromatic heterocycles. The van der Waals surface area contributed by atoms with E-state index in [0.29, 0.717) is 33.3 Å². The minimum Gasteiger partial charge on any atom is -0.508 e. The van der Waals surface area contributed by atoms with Crippen molar-refractivity contribution in [2.45, 2.75) is 24.2 Å². The fourth-order valence-electron chi connectivity index (χ4n) is 8.82. The summed E-state index contributed by atoms with van der Waals surface area (Å²) >= 11 is 8.56. The number of anilines is 2. The summed E-state index contributed by atoms with van der Waals surface area (Å²) in [4.78, 5) is 61.1. The molecule has 1 saturated carbocycles. The van der Waals surface area contributed by atoms with Gasteiger partial charge in [0, 0.05) is 20.1 Å². The van der Waals surface area contributed by atoms with Crippen LogP contribution in [0.5, 0.6) is 11.5 Å². The van der Waals surface area contributed by atoms with Crippen molar-refractivity contribution in [3.63, 3.8) is 0 Å². The molecule has 6 atom stereocenters. The number of benzene rings is 4. The molecule has 1 N–H and O–H groups in total. The van der Waals surface area contributed by atoms with Gasteiger partial charge in [-0.15, -0.1) is 0 Å². The third-order valence-electron chi connectivity index (χ3n) is 10.8. The first-order valence-corrected chi connectivity index (χ1v) is 17.5. The molecule has 10 heteroatoms. The fraction of sp³-hybridized carbons (Fsp3) is 0.231. The summed E-state index contributed by atoms with van der Waals surface area (Å²) in [7, 11) is 1.52. The predicted molar refractivity (Wildman–Crippen MR) is 192 cm³/mol. The smallest absolute Gasteiger partial charge is 0.246 e. The molecule has 8 nitrogen and oxygen atoms in total. The Labute approximate surface area is 301 Å². The van der Waals surface area contributed by atoms with Crippen LogP contribution in [0.25, 0.3) is 0 Å². The van der Waals surface area contributed by atoms with Crippen LogP contribution < -0.4 is 14.5 Å². The van der Waals surface area contributed by atoms with E-state index >= 15 is 4.79 Å². The van der Waals surface area contributed by atoms with Crippen molar-refractivity contribution >= 4 is 69.2 Å². The molecule has 0 spiro atoms. The first-order valence-electron chi connectivity index (χ1n) is 16.1. The maximum absolute atomic E-state index is 15.3. The molecule has 2 saturated heterocycles. The van der Waals surface area contributed by atoms with Crippen LogP contribution in [0, 0.1) is 27.2 Å². The van der Waals surface area contributed by atoms with Crippen LogP contribution in [0.15, 0.2) is 109 Å². The van der Waals surface area contributed by atoms with E-state index in [0.717, 1.165) is 9.14 Å². The number of nitrogens with zero attached hydrogens (tertiary/aromatic N) is 2. The highest BCUT2D eigenvalue weighted by molar-refractivity contribution is 14.1. The number of ether oxygens (including phenoxy) is 1. The second-order valence-electron chi connectivity index (χ2n) is 13.0. The van der Waals surface area contributed by atoms with Crippen molar-refractivity contribution in [1.82, 2.24) is 0 Å². The number of halogens is 2. The van der Waals surface area contributed by atoms with Gasteiger partial charge in [-0.3, -0.25) is 24.1 Å². The predicted octanol–water partition coefficient (Wildman–Crippen LogP) is 7.03. The van der Waals surface area contributed by atoms with Crippen LogP contribution in [0.4, 0.5) is 11.4 Å². The van der Waals surface area contributed by atoms with Gasteiger partial charge in [-0.1, -0.05) is 59.6 Å². The molecule has 2 heterocycles. The molecular formula is C39H30ClIN2O6. The number of phenols is 1. The third kappa shape index (κ3) is 4.61. The Kier molecular flexibility index (Phi) is 7.68. The molecule has 2 aliphatic carbocycles. The summed E-state index contributed by atoms with van der Waals surface area (Å²) < 4.78 is 6.57. The summed E-state index contributed by atoms with van der Waals surface area (Å²) in [5.41, 5.74) is 1.12. The van der Waals surface area contributed by atoms with Crippen molar-refractivity contribution in [1.29, 1.82) is 0 Å². The van der Waals surface area contributed by atoms with Crippen LogP contribution in [0.2, 0.25) is 5.02 Å². The Bertz CT molecular complexity index is 2080.